The Morgan fingerprint density at radius 3 is 2.65 bits per heavy atom. The van der Waals surface area contributed by atoms with E-state index in [1.807, 2.05) is 18.2 Å². The summed E-state index contributed by atoms with van der Waals surface area (Å²) in [7, 11) is 3.23. The molecule has 0 aliphatic carbocycles. The highest BCUT2D eigenvalue weighted by Gasteiger charge is 2.14. The van der Waals surface area contributed by atoms with E-state index in [9.17, 15) is 5.11 Å². The van der Waals surface area contributed by atoms with Crippen molar-refractivity contribution in [3.63, 3.8) is 0 Å². The third kappa shape index (κ3) is 4.13. The normalized spacial score (nSPS) is 12.2. The Kier molecular flexibility index (Phi) is 6.22. The lowest BCUT2D eigenvalue weighted by Crippen LogP contribution is -2.02. The third-order valence-corrected chi connectivity index (χ3v) is 3.32. The van der Waals surface area contributed by atoms with Crippen LogP contribution in [0.15, 0.2) is 18.2 Å². The van der Waals surface area contributed by atoms with Gasteiger partial charge < -0.3 is 14.6 Å². The van der Waals surface area contributed by atoms with Gasteiger partial charge in [0.05, 0.1) is 20.3 Å². The largest absolute Gasteiger partial charge is 0.497 e. The van der Waals surface area contributed by atoms with Crippen LogP contribution in [0.1, 0.15) is 24.5 Å². The van der Waals surface area contributed by atoms with Gasteiger partial charge in [0, 0.05) is 5.56 Å². The van der Waals surface area contributed by atoms with Crippen LogP contribution in [-0.2, 0) is 0 Å². The molecule has 96 valence electrons. The molecule has 0 aliphatic rings. The molecular weight excluding hydrogens is 236 g/mol. The molecule has 0 radical (unpaired) electrons. The number of aliphatic hydroxyl groups excluding tert-OH is 1. The lowest BCUT2D eigenvalue weighted by Gasteiger charge is -2.15. The number of hydrogen-bond acceptors (Lipinski definition) is 4. The number of thioether (sulfide) groups is 1. The van der Waals surface area contributed by atoms with Gasteiger partial charge >= 0.3 is 0 Å². The molecule has 1 atom stereocenters. The first-order valence-electron chi connectivity index (χ1n) is 5.61. The topological polar surface area (TPSA) is 38.7 Å². The molecule has 1 N–H and O–H groups in total. The maximum atomic E-state index is 10.1. The van der Waals surface area contributed by atoms with Crippen molar-refractivity contribution in [2.45, 2.75) is 18.9 Å². The van der Waals surface area contributed by atoms with Gasteiger partial charge in [0.25, 0.3) is 0 Å². The van der Waals surface area contributed by atoms with Gasteiger partial charge in [-0.2, -0.15) is 11.8 Å². The van der Waals surface area contributed by atoms with E-state index in [1.165, 1.54) is 0 Å². The van der Waals surface area contributed by atoms with E-state index in [-0.39, 0.29) is 0 Å². The van der Waals surface area contributed by atoms with Crippen molar-refractivity contribution in [3.8, 4) is 11.5 Å². The molecule has 0 saturated carbocycles. The average Bonchev–Trinajstić information content (AvgIpc) is 2.38. The van der Waals surface area contributed by atoms with Crippen LogP contribution in [0.4, 0.5) is 0 Å². The van der Waals surface area contributed by atoms with Gasteiger partial charge in [0.15, 0.2) is 0 Å². The van der Waals surface area contributed by atoms with Crippen molar-refractivity contribution in [2.24, 2.45) is 0 Å². The predicted octanol–water partition coefficient (Wildman–Crippen LogP) is 2.88. The van der Waals surface area contributed by atoms with Crippen LogP contribution in [0.5, 0.6) is 11.5 Å². The van der Waals surface area contributed by atoms with E-state index in [0.29, 0.717) is 5.75 Å². The summed E-state index contributed by atoms with van der Waals surface area (Å²) >= 11 is 1.79. The average molecular weight is 256 g/mol. The van der Waals surface area contributed by atoms with Crippen molar-refractivity contribution in [1.29, 1.82) is 0 Å². The quantitative estimate of drug-likeness (QED) is 0.761. The van der Waals surface area contributed by atoms with Gasteiger partial charge in [-0.15, -0.1) is 0 Å². The predicted molar refractivity (Wildman–Crippen MR) is 72.1 cm³/mol. The molecule has 1 aromatic rings. The van der Waals surface area contributed by atoms with Gasteiger partial charge in [-0.1, -0.05) is 0 Å². The summed E-state index contributed by atoms with van der Waals surface area (Å²) in [5, 5.41) is 10.1. The second-order valence-electron chi connectivity index (χ2n) is 3.76. The van der Waals surface area contributed by atoms with Crippen LogP contribution in [-0.4, -0.2) is 31.3 Å². The molecule has 0 aliphatic heterocycles. The summed E-state index contributed by atoms with van der Waals surface area (Å²) in [6.45, 7) is 0. The molecule has 0 heterocycles. The first-order valence-corrected chi connectivity index (χ1v) is 7.01. The van der Waals surface area contributed by atoms with Crippen LogP contribution in [0.2, 0.25) is 0 Å². The van der Waals surface area contributed by atoms with Gasteiger partial charge in [-0.3, -0.25) is 0 Å². The number of hydrogen-bond donors (Lipinski definition) is 1. The molecule has 0 fully saturated rings. The van der Waals surface area contributed by atoms with Crippen molar-refractivity contribution >= 4 is 11.8 Å². The van der Waals surface area contributed by atoms with Gasteiger partial charge in [0.1, 0.15) is 11.5 Å². The van der Waals surface area contributed by atoms with Crippen molar-refractivity contribution in [1.82, 2.24) is 0 Å². The first kappa shape index (κ1) is 14.2. The van der Waals surface area contributed by atoms with Crippen LogP contribution in [0.3, 0.4) is 0 Å². The summed E-state index contributed by atoms with van der Waals surface area (Å²) in [5.74, 6) is 2.51. The number of ether oxygens (including phenoxy) is 2. The van der Waals surface area contributed by atoms with E-state index in [4.69, 9.17) is 9.47 Å². The van der Waals surface area contributed by atoms with E-state index >= 15 is 0 Å². The fraction of sp³-hybridized carbons (Fsp3) is 0.538. The standard InChI is InChI=1S/C13H20O3S/c1-15-10-6-7-13(16-2)11(9-10)12(14)5-4-8-17-3/h6-7,9,12,14H,4-5,8H2,1-3H3. The zero-order valence-electron chi connectivity index (χ0n) is 10.6. The van der Waals surface area contributed by atoms with Gasteiger partial charge in [0.2, 0.25) is 0 Å². The lowest BCUT2D eigenvalue weighted by atomic mass is 10.0. The SMILES string of the molecule is COc1ccc(OC)c(C(O)CCCSC)c1. The Balaban J connectivity index is 2.78. The minimum atomic E-state index is -0.493. The monoisotopic (exact) mass is 256 g/mol. The minimum absolute atomic E-state index is 0.493. The molecule has 3 nitrogen and oxygen atoms in total. The lowest BCUT2D eigenvalue weighted by molar-refractivity contribution is 0.162. The molecule has 1 aromatic carbocycles. The van der Waals surface area contributed by atoms with Gasteiger partial charge in [-0.05, 0) is 43.0 Å². The number of benzene rings is 1. The summed E-state index contributed by atoms with van der Waals surface area (Å²) in [5.41, 5.74) is 0.799. The summed E-state index contributed by atoms with van der Waals surface area (Å²) in [4.78, 5) is 0. The summed E-state index contributed by atoms with van der Waals surface area (Å²) < 4.78 is 10.4. The molecule has 0 amide bonds. The molecule has 1 unspecified atom stereocenters. The van der Waals surface area contributed by atoms with Crippen molar-refractivity contribution in [2.75, 3.05) is 26.2 Å². The Morgan fingerprint density at radius 2 is 2.06 bits per heavy atom. The molecule has 17 heavy (non-hydrogen) atoms. The second kappa shape index (κ2) is 7.45. The second-order valence-corrected chi connectivity index (χ2v) is 4.74. The fourth-order valence-corrected chi connectivity index (χ4v) is 2.13. The summed E-state index contributed by atoms with van der Waals surface area (Å²) in [6.07, 6.45) is 3.30. The highest BCUT2D eigenvalue weighted by Crippen LogP contribution is 2.31. The number of methoxy groups -OCH3 is 2. The Labute approximate surface area is 107 Å². The first-order chi connectivity index (χ1) is 8.22. The van der Waals surface area contributed by atoms with Crippen LogP contribution < -0.4 is 9.47 Å². The van der Waals surface area contributed by atoms with E-state index in [2.05, 4.69) is 6.26 Å². The molecule has 0 spiro atoms. The molecule has 1 rings (SSSR count). The number of rotatable bonds is 7. The van der Waals surface area contributed by atoms with Gasteiger partial charge in [-0.25, -0.2) is 0 Å². The maximum Gasteiger partial charge on any atom is 0.124 e. The molecular formula is C13H20O3S. The van der Waals surface area contributed by atoms with Crippen LogP contribution >= 0.6 is 11.8 Å². The third-order valence-electron chi connectivity index (χ3n) is 2.62. The Hall–Kier alpha value is -0.870. The molecule has 0 saturated heterocycles. The zero-order valence-corrected chi connectivity index (χ0v) is 11.4. The zero-order chi connectivity index (χ0) is 12.7. The minimum Gasteiger partial charge on any atom is -0.497 e. The van der Waals surface area contributed by atoms with Crippen LogP contribution in [0, 0.1) is 0 Å². The Bertz CT molecular complexity index is 341. The molecule has 0 aromatic heterocycles. The van der Waals surface area contributed by atoms with Crippen LogP contribution in [0.25, 0.3) is 0 Å². The Morgan fingerprint density at radius 1 is 1.29 bits per heavy atom. The van der Waals surface area contributed by atoms with E-state index < -0.39 is 6.10 Å². The highest BCUT2D eigenvalue weighted by molar-refractivity contribution is 7.98. The fourth-order valence-electron chi connectivity index (χ4n) is 1.68. The van der Waals surface area contributed by atoms with E-state index in [0.717, 1.165) is 29.9 Å². The number of aliphatic hydroxyl groups is 1. The molecule has 4 heteroatoms. The van der Waals surface area contributed by atoms with E-state index in [1.54, 1.807) is 26.0 Å². The van der Waals surface area contributed by atoms with Crippen molar-refractivity contribution < 1.29 is 14.6 Å². The highest BCUT2D eigenvalue weighted by atomic mass is 32.2. The summed E-state index contributed by atoms with van der Waals surface area (Å²) in [6, 6.07) is 5.49. The molecule has 0 bridgehead atoms. The maximum absolute atomic E-state index is 10.1. The van der Waals surface area contributed by atoms with Crippen molar-refractivity contribution in [3.05, 3.63) is 23.8 Å². The smallest absolute Gasteiger partial charge is 0.124 e.